The van der Waals surface area contributed by atoms with E-state index in [9.17, 15) is 9.59 Å². The zero-order valence-corrected chi connectivity index (χ0v) is 11.8. The van der Waals surface area contributed by atoms with Gasteiger partial charge in [-0.2, -0.15) is 0 Å². The third-order valence-corrected chi connectivity index (χ3v) is 2.22. The molecule has 1 N–H and O–H groups in total. The first-order valence-corrected chi connectivity index (χ1v) is 6.18. The van der Waals surface area contributed by atoms with Crippen molar-refractivity contribution in [2.45, 2.75) is 33.4 Å². The van der Waals surface area contributed by atoms with Gasteiger partial charge in [-0.15, -0.1) is 0 Å². The molecule has 0 saturated heterocycles. The lowest BCUT2D eigenvalue weighted by Gasteiger charge is -2.11. The van der Waals surface area contributed by atoms with E-state index >= 15 is 0 Å². The second-order valence-corrected chi connectivity index (χ2v) is 4.38. The largest absolute Gasteiger partial charge is 0.445 e. The summed E-state index contributed by atoms with van der Waals surface area (Å²) in [5, 5.41) is 5.89. The average molecular weight is 278 g/mol. The van der Waals surface area contributed by atoms with Crippen LogP contribution in [0.2, 0.25) is 0 Å². The van der Waals surface area contributed by atoms with Crippen LogP contribution < -0.4 is 5.32 Å². The molecule has 6 heteroatoms. The van der Waals surface area contributed by atoms with Crippen molar-refractivity contribution in [3.05, 3.63) is 35.9 Å². The minimum atomic E-state index is -0.832. The second kappa shape index (κ2) is 7.93. The lowest BCUT2D eigenvalue weighted by Crippen LogP contribution is -2.39. The van der Waals surface area contributed by atoms with E-state index in [0.717, 1.165) is 5.56 Å². The Morgan fingerprint density at radius 2 is 1.90 bits per heavy atom. The number of nitrogens with one attached hydrogen (secondary N) is 1. The maximum Gasteiger partial charge on any atom is 0.408 e. The fourth-order valence-electron chi connectivity index (χ4n) is 1.22. The van der Waals surface area contributed by atoms with Crippen LogP contribution in [0, 0.1) is 0 Å². The van der Waals surface area contributed by atoms with Crippen LogP contribution in [0.5, 0.6) is 0 Å². The second-order valence-electron chi connectivity index (χ2n) is 4.38. The summed E-state index contributed by atoms with van der Waals surface area (Å²) in [4.78, 5) is 27.6. The van der Waals surface area contributed by atoms with Crippen molar-refractivity contribution in [2.24, 2.45) is 5.16 Å². The van der Waals surface area contributed by atoms with Crippen molar-refractivity contribution in [1.82, 2.24) is 5.32 Å². The molecule has 0 aliphatic carbocycles. The Morgan fingerprint density at radius 1 is 1.25 bits per heavy atom. The van der Waals surface area contributed by atoms with Crippen LogP contribution in [0.3, 0.4) is 0 Å². The van der Waals surface area contributed by atoms with Gasteiger partial charge in [-0.25, -0.2) is 9.59 Å². The maximum absolute atomic E-state index is 11.5. The lowest BCUT2D eigenvalue weighted by molar-refractivity contribution is -0.145. The van der Waals surface area contributed by atoms with Crippen LogP contribution >= 0.6 is 0 Å². The highest BCUT2D eigenvalue weighted by molar-refractivity contribution is 5.83. The minimum absolute atomic E-state index is 0.140. The van der Waals surface area contributed by atoms with Gasteiger partial charge in [0.1, 0.15) is 12.6 Å². The monoisotopic (exact) mass is 278 g/mol. The number of carbonyl (C=O) groups excluding carboxylic acids is 2. The van der Waals surface area contributed by atoms with Gasteiger partial charge < -0.3 is 14.9 Å². The van der Waals surface area contributed by atoms with Crippen molar-refractivity contribution in [2.75, 3.05) is 0 Å². The highest BCUT2D eigenvalue weighted by Crippen LogP contribution is 2.01. The summed E-state index contributed by atoms with van der Waals surface area (Å²) in [6.07, 6.45) is -0.685. The Balaban J connectivity index is 2.34. The van der Waals surface area contributed by atoms with Crippen molar-refractivity contribution >= 4 is 17.8 Å². The van der Waals surface area contributed by atoms with Crippen molar-refractivity contribution < 1.29 is 19.2 Å². The maximum atomic E-state index is 11.5. The lowest BCUT2D eigenvalue weighted by atomic mass is 10.2. The molecule has 0 aromatic heterocycles. The Labute approximate surface area is 117 Å². The predicted molar refractivity (Wildman–Crippen MR) is 74.1 cm³/mol. The molecule has 0 spiro atoms. The molecule has 0 heterocycles. The topological polar surface area (TPSA) is 77.0 Å². The molecule has 1 rings (SSSR count). The molecule has 0 radical (unpaired) electrons. The fraction of sp³-hybridized carbons (Fsp3) is 0.357. The molecule has 1 unspecified atom stereocenters. The van der Waals surface area contributed by atoms with Crippen LogP contribution in [0.25, 0.3) is 0 Å². The molecule has 1 atom stereocenters. The number of alkyl carbamates (subject to hydrolysis) is 1. The van der Waals surface area contributed by atoms with Crippen LogP contribution in [0.4, 0.5) is 4.79 Å². The van der Waals surface area contributed by atoms with Crippen LogP contribution in [0.15, 0.2) is 35.5 Å². The van der Waals surface area contributed by atoms with E-state index in [0.29, 0.717) is 5.71 Å². The van der Waals surface area contributed by atoms with Gasteiger partial charge in [0.05, 0.1) is 5.71 Å². The summed E-state index contributed by atoms with van der Waals surface area (Å²) in [6, 6.07) is 8.41. The Bertz CT molecular complexity index is 481. The molecule has 1 aromatic carbocycles. The van der Waals surface area contributed by atoms with Gasteiger partial charge in [0.25, 0.3) is 0 Å². The third-order valence-electron chi connectivity index (χ3n) is 2.22. The Kier molecular flexibility index (Phi) is 6.22. The zero-order valence-electron chi connectivity index (χ0n) is 11.8. The zero-order chi connectivity index (χ0) is 15.0. The Hall–Kier alpha value is -2.37. The van der Waals surface area contributed by atoms with Gasteiger partial charge in [0.15, 0.2) is 0 Å². The van der Waals surface area contributed by atoms with Crippen molar-refractivity contribution in [1.29, 1.82) is 0 Å². The van der Waals surface area contributed by atoms with Gasteiger partial charge in [0, 0.05) is 0 Å². The smallest absolute Gasteiger partial charge is 0.408 e. The van der Waals surface area contributed by atoms with E-state index in [-0.39, 0.29) is 6.61 Å². The van der Waals surface area contributed by atoms with Gasteiger partial charge in [0.2, 0.25) is 0 Å². The average Bonchev–Trinajstić information content (AvgIpc) is 2.43. The van der Waals surface area contributed by atoms with Crippen LogP contribution in [-0.2, 0) is 21.0 Å². The standard InChI is InChI=1S/C14H18N2O4/c1-10(2)16-20-13(17)11(3)15-14(18)19-9-12-7-5-4-6-8-12/h4-8,11H,9H2,1-3H3,(H,15,18). The van der Waals surface area contributed by atoms with Crippen LogP contribution in [-0.4, -0.2) is 23.8 Å². The third kappa shape index (κ3) is 5.99. The van der Waals surface area contributed by atoms with Gasteiger partial charge in [-0.3, -0.25) is 0 Å². The fourth-order valence-corrected chi connectivity index (χ4v) is 1.22. The van der Waals surface area contributed by atoms with E-state index in [1.54, 1.807) is 13.8 Å². The molecule has 0 aliphatic heterocycles. The molecule has 0 aliphatic rings. The number of nitrogens with zero attached hydrogens (tertiary/aromatic N) is 1. The number of oxime groups is 1. The van der Waals surface area contributed by atoms with E-state index < -0.39 is 18.1 Å². The SMILES string of the molecule is CC(C)=NOC(=O)C(C)NC(=O)OCc1ccccc1. The van der Waals surface area contributed by atoms with Crippen LogP contribution in [0.1, 0.15) is 26.3 Å². The first-order chi connectivity index (χ1) is 9.49. The van der Waals surface area contributed by atoms with E-state index in [2.05, 4.69) is 15.3 Å². The van der Waals surface area contributed by atoms with Gasteiger partial charge >= 0.3 is 12.1 Å². The van der Waals surface area contributed by atoms with Crippen molar-refractivity contribution in [3.63, 3.8) is 0 Å². The van der Waals surface area contributed by atoms with Crippen molar-refractivity contribution in [3.8, 4) is 0 Å². The summed E-state index contributed by atoms with van der Waals surface area (Å²) < 4.78 is 4.98. The molecule has 1 aromatic rings. The summed E-state index contributed by atoms with van der Waals surface area (Å²) in [7, 11) is 0. The number of ether oxygens (including phenoxy) is 1. The molecule has 108 valence electrons. The van der Waals surface area contributed by atoms with E-state index in [1.165, 1.54) is 6.92 Å². The predicted octanol–water partition coefficient (Wildman–Crippen LogP) is 2.24. The molecule has 0 saturated carbocycles. The molecular weight excluding hydrogens is 260 g/mol. The van der Waals surface area contributed by atoms with E-state index in [1.807, 2.05) is 30.3 Å². The van der Waals surface area contributed by atoms with Gasteiger partial charge in [-0.1, -0.05) is 35.5 Å². The first-order valence-electron chi connectivity index (χ1n) is 6.18. The first kappa shape index (κ1) is 15.7. The number of hydrogen-bond acceptors (Lipinski definition) is 5. The number of amides is 1. The van der Waals surface area contributed by atoms with Gasteiger partial charge in [-0.05, 0) is 26.3 Å². The number of rotatable bonds is 5. The molecule has 0 fully saturated rings. The molecule has 1 amide bonds. The number of hydrogen-bond donors (Lipinski definition) is 1. The summed E-state index contributed by atoms with van der Waals surface area (Å²) in [5.74, 6) is -0.650. The Morgan fingerprint density at radius 3 is 2.50 bits per heavy atom. The summed E-state index contributed by atoms with van der Waals surface area (Å²) in [5.41, 5.74) is 1.47. The number of carbonyl (C=O) groups is 2. The highest BCUT2D eigenvalue weighted by Gasteiger charge is 2.18. The normalized spacial score (nSPS) is 11.2. The minimum Gasteiger partial charge on any atom is -0.445 e. The summed E-state index contributed by atoms with van der Waals surface area (Å²) >= 11 is 0. The molecule has 0 bridgehead atoms. The van der Waals surface area contributed by atoms with E-state index in [4.69, 9.17) is 4.74 Å². The number of benzene rings is 1. The highest BCUT2D eigenvalue weighted by atomic mass is 16.7. The quantitative estimate of drug-likeness (QED) is 0.509. The molecule has 20 heavy (non-hydrogen) atoms. The summed E-state index contributed by atoms with van der Waals surface area (Å²) in [6.45, 7) is 5.02. The molecular formula is C14H18N2O4. The molecule has 6 nitrogen and oxygen atoms in total.